The third kappa shape index (κ3) is 2.21. The Balaban J connectivity index is 1.95. The van der Waals surface area contributed by atoms with Crippen LogP contribution in [0, 0.1) is 0 Å². The van der Waals surface area contributed by atoms with Gasteiger partial charge in [-0.3, -0.25) is 4.79 Å². The van der Waals surface area contributed by atoms with E-state index in [0.717, 1.165) is 14.5 Å². The van der Waals surface area contributed by atoms with Gasteiger partial charge in [-0.15, -0.1) is 0 Å². The van der Waals surface area contributed by atoms with Gasteiger partial charge < -0.3 is 10.1 Å². The number of rotatable bonds is 1. The summed E-state index contributed by atoms with van der Waals surface area (Å²) in [6.45, 7) is 0. The van der Waals surface area contributed by atoms with Crippen LogP contribution in [0.1, 0.15) is 16.1 Å². The van der Waals surface area contributed by atoms with E-state index < -0.39 is 0 Å². The summed E-state index contributed by atoms with van der Waals surface area (Å²) in [5, 5.41) is 11.2. The second-order valence-corrected chi connectivity index (χ2v) is 7.71. The lowest BCUT2D eigenvalue weighted by atomic mass is 10.1. The summed E-state index contributed by atoms with van der Waals surface area (Å²) < 4.78 is 2.24. The Morgan fingerprint density at radius 1 is 1.09 bits per heavy atom. The monoisotopic (exact) mass is 496 g/mol. The molecule has 4 rings (SSSR count). The molecular formula is C16H7Br3N2O2. The number of aliphatic imine (C=N–C) groups is 1. The molecular weight excluding hydrogens is 492 g/mol. The Bertz CT molecular complexity index is 1040. The van der Waals surface area contributed by atoms with Gasteiger partial charge in [0.1, 0.15) is 11.4 Å². The van der Waals surface area contributed by atoms with E-state index >= 15 is 0 Å². The van der Waals surface area contributed by atoms with Crippen LogP contribution in [0.25, 0.3) is 10.9 Å². The summed E-state index contributed by atoms with van der Waals surface area (Å²) in [7, 11) is 0. The highest BCUT2D eigenvalue weighted by molar-refractivity contribution is 9.11. The zero-order valence-corrected chi connectivity index (χ0v) is 16.1. The zero-order valence-electron chi connectivity index (χ0n) is 11.3. The van der Waals surface area contributed by atoms with Crippen LogP contribution in [0.5, 0.6) is 5.75 Å². The Kier molecular flexibility index (Phi) is 3.48. The number of Topliss-reactive ketones (excluding diaryl/α,β-unsaturated/α-hetero) is 1. The van der Waals surface area contributed by atoms with Crippen molar-refractivity contribution < 1.29 is 9.90 Å². The fourth-order valence-corrected chi connectivity index (χ4v) is 4.63. The number of halogens is 3. The van der Waals surface area contributed by atoms with Gasteiger partial charge in [0.2, 0.25) is 5.78 Å². The van der Waals surface area contributed by atoms with E-state index in [1.165, 1.54) is 0 Å². The van der Waals surface area contributed by atoms with Crippen molar-refractivity contribution in [3.63, 3.8) is 0 Å². The molecule has 0 amide bonds. The van der Waals surface area contributed by atoms with Crippen molar-refractivity contribution in [2.75, 3.05) is 0 Å². The van der Waals surface area contributed by atoms with Crippen molar-refractivity contribution in [3.05, 3.63) is 55.0 Å². The highest BCUT2D eigenvalue weighted by Crippen LogP contribution is 2.41. The van der Waals surface area contributed by atoms with Crippen LogP contribution < -0.4 is 0 Å². The highest BCUT2D eigenvalue weighted by atomic mass is 79.9. The summed E-state index contributed by atoms with van der Waals surface area (Å²) in [4.78, 5) is 20.2. The largest absolute Gasteiger partial charge is 0.505 e. The number of benzene rings is 2. The molecule has 1 aliphatic heterocycles. The number of nitrogens with zero attached hydrogens (tertiary/aromatic N) is 1. The Labute approximate surface area is 156 Å². The number of aromatic hydroxyl groups is 1. The summed E-state index contributed by atoms with van der Waals surface area (Å²) in [6.07, 6.45) is 0. The minimum Gasteiger partial charge on any atom is -0.505 e. The number of fused-ring (bicyclic) bond motifs is 2. The van der Waals surface area contributed by atoms with E-state index in [1.807, 2.05) is 18.2 Å². The Hall–Kier alpha value is -1.44. The number of ketones is 1. The molecule has 4 nitrogen and oxygen atoms in total. The lowest BCUT2D eigenvalue weighted by molar-refractivity contribution is 0.106. The first kappa shape index (κ1) is 15.1. The normalized spacial score (nSPS) is 13.5. The van der Waals surface area contributed by atoms with Gasteiger partial charge in [0.05, 0.1) is 22.2 Å². The van der Waals surface area contributed by atoms with E-state index in [2.05, 4.69) is 57.8 Å². The minimum atomic E-state index is -0.225. The van der Waals surface area contributed by atoms with Crippen LogP contribution in [-0.4, -0.2) is 21.6 Å². The zero-order chi connectivity index (χ0) is 16.3. The molecule has 0 fully saturated rings. The van der Waals surface area contributed by atoms with Crippen molar-refractivity contribution >= 4 is 75.9 Å². The first-order chi connectivity index (χ1) is 11.0. The van der Waals surface area contributed by atoms with Crippen molar-refractivity contribution in [2.24, 2.45) is 4.99 Å². The fraction of sp³-hybridized carbons (Fsp3) is 0. The highest BCUT2D eigenvalue weighted by Gasteiger charge is 2.32. The van der Waals surface area contributed by atoms with E-state index in [1.54, 1.807) is 12.1 Å². The number of nitrogens with one attached hydrogen (secondary N) is 1. The summed E-state index contributed by atoms with van der Waals surface area (Å²) in [5.74, 6) is -0.208. The maximum absolute atomic E-state index is 12.7. The average molecular weight is 499 g/mol. The van der Waals surface area contributed by atoms with Gasteiger partial charge in [-0.25, -0.2) is 4.99 Å². The average Bonchev–Trinajstić information content (AvgIpc) is 2.98. The fourth-order valence-electron chi connectivity index (χ4n) is 2.69. The third-order valence-corrected chi connectivity index (χ3v) is 5.44. The molecule has 0 saturated carbocycles. The third-order valence-electron chi connectivity index (χ3n) is 3.69. The standard InChI is InChI=1S/C16H7Br3N2O2/c17-6-4-8(19)12-10(5-6)21-14(16(12)23)13-15(22)11-7(18)2-1-3-9(11)20-13/h1-5,20,22H. The number of aromatic nitrogens is 1. The summed E-state index contributed by atoms with van der Waals surface area (Å²) in [5.41, 5.74) is 2.35. The molecule has 23 heavy (non-hydrogen) atoms. The molecule has 0 radical (unpaired) electrons. The topological polar surface area (TPSA) is 65.5 Å². The number of aromatic amines is 1. The SMILES string of the molecule is O=C1C(c2[nH]c3cccc(Br)c3c2O)=Nc2cc(Br)cc(Br)c21. The molecule has 3 aromatic rings. The number of carbonyl (C=O) groups excluding carboxylic acids is 1. The van der Waals surface area contributed by atoms with Crippen molar-refractivity contribution in [1.29, 1.82) is 0 Å². The molecule has 1 aromatic heterocycles. The first-order valence-corrected chi connectivity index (χ1v) is 8.97. The maximum Gasteiger partial charge on any atom is 0.216 e. The van der Waals surface area contributed by atoms with E-state index in [9.17, 15) is 9.90 Å². The molecule has 7 heteroatoms. The molecule has 2 heterocycles. The van der Waals surface area contributed by atoms with Gasteiger partial charge in [-0.1, -0.05) is 22.0 Å². The van der Waals surface area contributed by atoms with Gasteiger partial charge in [0.25, 0.3) is 0 Å². The number of H-pyrrole nitrogens is 1. The quantitative estimate of drug-likeness (QED) is 0.466. The number of hydrogen-bond acceptors (Lipinski definition) is 3. The Morgan fingerprint density at radius 3 is 2.61 bits per heavy atom. The molecule has 0 atom stereocenters. The van der Waals surface area contributed by atoms with Crippen LogP contribution in [0.2, 0.25) is 0 Å². The van der Waals surface area contributed by atoms with Gasteiger partial charge >= 0.3 is 0 Å². The lowest BCUT2D eigenvalue weighted by Gasteiger charge is -2.01. The van der Waals surface area contributed by atoms with Crippen LogP contribution in [-0.2, 0) is 0 Å². The van der Waals surface area contributed by atoms with Gasteiger partial charge in [0, 0.05) is 13.4 Å². The van der Waals surface area contributed by atoms with Crippen molar-refractivity contribution in [1.82, 2.24) is 4.98 Å². The molecule has 0 aliphatic carbocycles. The molecule has 2 N–H and O–H groups in total. The number of hydrogen-bond donors (Lipinski definition) is 2. The smallest absolute Gasteiger partial charge is 0.216 e. The predicted octanol–water partition coefficient (Wildman–Crippen LogP) is 5.48. The molecule has 2 aromatic carbocycles. The first-order valence-electron chi connectivity index (χ1n) is 6.59. The van der Waals surface area contributed by atoms with E-state index in [0.29, 0.717) is 26.8 Å². The molecule has 114 valence electrons. The predicted molar refractivity (Wildman–Crippen MR) is 100 cm³/mol. The second kappa shape index (κ2) is 5.29. The van der Waals surface area contributed by atoms with Crippen LogP contribution in [0.3, 0.4) is 0 Å². The van der Waals surface area contributed by atoms with Crippen LogP contribution >= 0.6 is 47.8 Å². The van der Waals surface area contributed by atoms with Crippen molar-refractivity contribution in [2.45, 2.75) is 0 Å². The molecule has 0 spiro atoms. The number of carbonyl (C=O) groups is 1. The Morgan fingerprint density at radius 2 is 1.87 bits per heavy atom. The van der Waals surface area contributed by atoms with Crippen molar-refractivity contribution in [3.8, 4) is 5.75 Å². The second-order valence-electron chi connectivity index (χ2n) is 5.08. The lowest BCUT2D eigenvalue weighted by Crippen LogP contribution is -2.12. The van der Waals surface area contributed by atoms with E-state index in [4.69, 9.17) is 0 Å². The van der Waals surface area contributed by atoms with Gasteiger partial charge in [-0.05, 0) is 56.1 Å². The van der Waals surface area contributed by atoms with Gasteiger partial charge in [-0.2, -0.15) is 0 Å². The van der Waals surface area contributed by atoms with Gasteiger partial charge in [0.15, 0.2) is 5.75 Å². The molecule has 0 saturated heterocycles. The van der Waals surface area contributed by atoms with Crippen LogP contribution in [0.4, 0.5) is 5.69 Å². The molecule has 1 aliphatic rings. The molecule has 0 bridgehead atoms. The summed E-state index contributed by atoms with van der Waals surface area (Å²) in [6, 6.07) is 9.10. The van der Waals surface area contributed by atoms with E-state index in [-0.39, 0.29) is 17.2 Å². The maximum atomic E-state index is 12.7. The molecule has 0 unspecified atom stereocenters. The van der Waals surface area contributed by atoms with Crippen LogP contribution in [0.15, 0.2) is 48.7 Å². The summed E-state index contributed by atoms with van der Waals surface area (Å²) >= 11 is 10.2. The minimum absolute atomic E-state index is 0.0163.